The molecule has 2 aromatic carbocycles. The summed E-state index contributed by atoms with van der Waals surface area (Å²) in [6, 6.07) is 14.4. The number of anilines is 2. The molecular formula is C25H28N2O5. The zero-order valence-electron chi connectivity index (χ0n) is 18.8. The van der Waals surface area contributed by atoms with Crippen LogP contribution >= 0.6 is 0 Å². The second-order valence-electron chi connectivity index (χ2n) is 7.49. The normalized spacial score (nSPS) is 16.1. The number of rotatable bonds is 7. The summed E-state index contributed by atoms with van der Waals surface area (Å²) in [5.41, 5.74) is 2.84. The zero-order chi connectivity index (χ0) is 23.3. The maximum Gasteiger partial charge on any atom is 0.336 e. The largest absolute Gasteiger partial charge is 0.494 e. The number of carbonyl (C=O) groups is 3. The fourth-order valence-electron chi connectivity index (χ4n) is 3.71. The van der Waals surface area contributed by atoms with Crippen LogP contribution in [0.1, 0.15) is 32.8 Å². The number of nitrogens with zero attached hydrogens (tertiary/aromatic N) is 1. The SMILES string of the molecule is CCOC(=O)C1=C(C)N(c2ccc(C)cc2)C(=O)C[C@H]1C(=O)Nc1ccc(OCC)cc1. The van der Waals surface area contributed by atoms with Crippen LogP contribution in [0.15, 0.2) is 59.8 Å². The van der Waals surface area contributed by atoms with E-state index < -0.39 is 17.8 Å². The highest BCUT2D eigenvalue weighted by atomic mass is 16.5. The van der Waals surface area contributed by atoms with Crippen LogP contribution in [-0.2, 0) is 19.1 Å². The highest BCUT2D eigenvalue weighted by Crippen LogP contribution is 2.34. The summed E-state index contributed by atoms with van der Waals surface area (Å²) in [7, 11) is 0. The molecule has 168 valence electrons. The van der Waals surface area contributed by atoms with Crippen LogP contribution in [0.5, 0.6) is 5.75 Å². The topological polar surface area (TPSA) is 84.9 Å². The van der Waals surface area contributed by atoms with Gasteiger partial charge in [-0.1, -0.05) is 17.7 Å². The fraction of sp³-hybridized carbons (Fsp3) is 0.320. The van der Waals surface area contributed by atoms with Gasteiger partial charge in [0.2, 0.25) is 11.8 Å². The molecule has 0 unspecified atom stereocenters. The smallest absolute Gasteiger partial charge is 0.336 e. The summed E-state index contributed by atoms with van der Waals surface area (Å²) >= 11 is 0. The van der Waals surface area contributed by atoms with E-state index in [4.69, 9.17) is 9.47 Å². The molecule has 0 saturated heterocycles. The first-order chi connectivity index (χ1) is 15.3. The Morgan fingerprint density at radius 2 is 1.66 bits per heavy atom. The number of benzene rings is 2. The van der Waals surface area contributed by atoms with E-state index in [9.17, 15) is 14.4 Å². The average molecular weight is 437 g/mol. The minimum absolute atomic E-state index is 0.137. The molecule has 0 aromatic heterocycles. The molecule has 0 saturated carbocycles. The van der Waals surface area contributed by atoms with Gasteiger partial charge in [0.05, 0.1) is 24.7 Å². The lowest BCUT2D eigenvalue weighted by molar-refractivity contribution is -0.141. The zero-order valence-corrected chi connectivity index (χ0v) is 18.8. The summed E-state index contributed by atoms with van der Waals surface area (Å²) in [4.78, 5) is 40.5. The second kappa shape index (κ2) is 10.1. The number of ether oxygens (including phenoxy) is 2. The maximum absolute atomic E-state index is 13.1. The minimum Gasteiger partial charge on any atom is -0.494 e. The van der Waals surface area contributed by atoms with Gasteiger partial charge in [0.25, 0.3) is 0 Å². The summed E-state index contributed by atoms with van der Waals surface area (Å²) in [6.07, 6.45) is -0.137. The van der Waals surface area contributed by atoms with E-state index >= 15 is 0 Å². The molecule has 2 amide bonds. The molecule has 32 heavy (non-hydrogen) atoms. The van der Waals surface area contributed by atoms with Crippen molar-refractivity contribution in [3.8, 4) is 5.75 Å². The van der Waals surface area contributed by atoms with E-state index in [2.05, 4.69) is 5.32 Å². The summed E-state index contributed by atoms with van der Waals surface area (Å²) < 4.78 is 10.6. The predicted octanol–water partition coefficient (Wildman–Crippen LogP) is 4.22. The van der Waals surface area contributed by atoms with Crippen molar-refractivity contribution in [2.24, 2.45) is 5.92 Å². The molecule has 0 aliphatic carbocycles. The molecule has 1 atom stereocenters. The van der Waals surface area contributed by atoms with Gasteiger partial charge in [-0.15, -0.1) is 0 Å². The Hall–Kier alpha value is -3.61. The Bertz CT molecular complexity index is 1030. The van der Waals surface area contributed by atoms with Crippen molar-refractivity contribution in [1.29, 1.82) is 0 Å². The molecule has 0 bridgehead atoms. The Morgan fingerprint density at radius 3 is 2.25 bits per heavy atom. The number of amides is 2. The van der Waals surface area contributed by atoms with Gasteiger partial charge in [-0.05, 0) is 64.1 Å². The van der Waals surface area contributed by atoms with Crippen LogP contribution in [0.25, 0.3) is 0 Å². The average Bonchev–Trinajstić information content (AvgIpc) is 2.76. The van der Waals surface area contributed by atoms with Crippen molar-refractivity contribution in [2.75, 3.05) is 23.4 Å². The van der Waals surface area contributed by atoms with Crippen LogP contribution in [0.3, 0.4) is 0 Å². The van der Waals surface area contributed by atoms with Crippen molar-refractivity contribution < 1.29 is 23.9 Å². The third-order valence-corrected chi connectivity index (χ3v) is 5.24. The van der Waals surface area contributed by atoms with Crippen LogP contribution in [0, 0.1) is 12.8 Å². The van der Waals surface area contributed by atoms with Gasteiger partial charge in [-0.2, -0.15) is 0 Å². The Kier molecular flexibility index (Phi) is 7.30. The Morgan fingerprint density at radius 1 is 1.00 bits per heavy atom. The standard InChI is InChI=1S/C25H28N2O5/c1-5-31-20-13-9-18(10-14-20)26-24(29)21-15-22(28)27(19-11-7-16(3)8-12-19)17(4)23(21)25(30)32-6-2/h7-14,21H,5-6,15H2,1-4H3,(H,26,29)/t21-/m1/s1. The number of allylic oxidation sites excluding steroid dienone is 1. The van der Waals surface area contributed by atoms with Crippen molar-refractivity contribution in [3.05, 3.63) is 65.4 Å². The van der Waals surface area contributed by atoms with E-state index in [1.807, 2.05) is 38.1 Å². The van der Waals surface area contributed by atoms with E-state index in [1.54, 1.807) is 38.1 Å². The third kappa shape index (κ3) is 4.99. The van der Waals surface area contributed by atoms with Crippen molar-refractivity contribution >= 4 is 29.2 Å². The first-order valence-electron chi connectivity index (χ1n) is 10.7. The molecule has 1 aliphatic rings. The molecule has 7 nitrogen and oxygen atoms in total. The van der Waals surface area contributed by atoms with E-state index in [-0.39, 0.29) is 24.5 Å². The van der Waals surface area contributed by atoms with E-state index in [0.717, 1.165) is 5.56 Å². The Balaban J connectivity index is 1.93. The highest BCUT2D eigenvalue weighted by Gasteiger charge is 2.40. The van der Waals surface area contributed by atoms with Crippen molar-refractivity contribution in [3.63, 3.8) is 0 Å². The first kappa shape index (κ1) is 23.1. The van der Waals surface area contributed by atoms with Crippen LogP contribution < -0.4 is 15.0 Å². The second-order valence-corrected chi connectivity index (χ2v) is 7.49. The van der Waals surface area contributed by atoms with Gasteiger partial charge in [0.1, 0.15) is 5.75 Å². The predicted molar refractivity (Wildman–Crippen MR) is 122 cm³/mol. The van der Waals surface area contributed by atoms with Gasteiger partial charge < -0.3 is 14.8 Å². The van der Waals surface area contributed by atoms with Gasteiger partial charge in [0, 0.05) is 23.5 Å². The summed E-state index contributed by atoms with van der Waals surface area (Å²) in [5.74, 6) is -1.55. The van der Waals surface area contributed by atoms with Gasteiger partial charge in [0.15, 0.2) is 0 Å². The van der Waals surface area contributed by atoms with Crippen molar-refractivity contribution in [2.45, 2.75) is 34.1 Å². The lowest BCUT2D eigenvalue weighted by atomic mass is 9.88. The van der Waals surface area contributed by atoms with Gasteiger partial charge in [-0.3, -0.25) is 14.5 Å². The number of hydrogen-bond donors (Lipinski definition) is 1. The number of aryl methyl sites for hydroxylation is 1. The molecule has 0 spiro atoms. The fourth-order valence-corrected chi connectivity index (χ4v) is 3.71. The number of esters is 1. The highest BCUT2D eigenvalue weighted by molar-refractivity contribution is 6.10. The molecule has 3 rings (SSSR count). The molecule has 0 radical (unpaired) electrons. The van der Waals surface area contributed by atoms with Crippen molar-refractivity contribution in [1.82, 2.24) is 0 Å². The molecule has 7 heteroatoms. The molecular weight excluding hydrogens is 408 g/mol. The molecule has 1 N–H and O–H groups in total. The molecule has 2 aromatic rings. The summed E-state index contributed by atoms with van der Waals surface area (Å²) in [5, 5.41) is 2.80. The number of nitrogens with one attached hydrogen (secondary N) is 1. The molecule has 0 fully saturated rings. The van der Waals surface area contributed by atoms with E-state index in [0.29, 0.717) is 29.4 Å². The third-order valence-electron chi connectivity index (χ3n) is 5.24. The number of carbonyl (C=O) groups excluding carboxylic acids is 3. The minimum atomic E-state index is -0.949. The quantitative estimate of drug-likeness (QED) is 0.657. The summed E-state index contributed by atoms with van der Waals surface area (Å²) in [6.45, 7) is 7.92. The van der Waals surface area contributed by atoms with Gasteiger partial charge in [-0.25, -0.2) is 4.79 Å². The van der Waals surface area contributed by atoms with Crippen LogP contribution in [0.2, 0.25) is 0 Å². The maximum atomic E-state index is 13.1. The number of hydrogen-bond acceptors (Lipinski definition) is 5. The lowest BCUT2D eigenvalue weighted by Crippen LogP contribution is -2.43. The Labute approximate surface area is 188 Å². The van der Waals surface area contributed by atoms with Crippen LogP contribution in [-0.4, -0.2) is 31.0 Å². The molecule has 1 aliphatic heterocycles. The monoisotopic (exact) mass is 436 g/mol. The van der Waals surface area contributed by atoms with Gasteiger partial charge >= 0.3 is 5.97 Å². The first-order valence-corrected chi connectivity index (χ1v) is 10.7. The van der Waals surface area contributed by atoms with Crippen LogP contribution in [0.4, 0.5) is 11.4 Å². The van der Waals surface area contributed by atoms with E-state index in [1.165, 1.54) is 4.90 Å². The molecule has 1 heterocycles. The lowest BCUT2D eigenvalue weighted by Gasteiger charge is -2.33.